The number of rotatable bonds is 1. The molecule has 6 heteroatoms. The third-order valence-corrected chi connectivity index (χ3v) is 1.70. The molecule has 4 N–H and O–H groups in total. The second-order valence-corrected chi connectivity index (χ2v) is 2.55. The van der Waals surface area contributed by atoms with Gasteiger partial charge in [-0.15, -0.1) is 0 Å². The van der Waals surface area contributed by atoms with E-state index in [1.165, 1.54) is 4.90 Å². The highest BCUT2D eigenvalue weighted by Crippen LogP contribution is 2.03. The summed E-state index contributed by atoms with van der Waals surface area (Å²) in [6.45, 7) is 0.875. The topological polar surface area (TPSA) is 98.7 Å². The van der Waals surface area contributed by atoms with E-state index in [1.807, 2.05) is 0 Å². The maximum Gasteiger partial charge on any atom is 0.314 e. The fraction of sp³-hybridized carbons (Fsp3) is 0.667. The van der Waals surface area contributed by atoms with E-state index in [4.69, 9.17) is 16.2 Å². The average molecular weight is 173 g/mol. The summed E-state index contributed by atoms with van der Waals surface area (Å²) in [6.07, 6.45) is -0.716. The van der Waals surface area contributed by atoms with Gasteiger partial charge >= 0.3 is 6.03 Å². The lowest BCUT2D eigenvalue weighted by Gasteiger charge is -2.29. The lowest BCUT2D eigenvalue weighted by Crippen LogP contribution is -2.51. The van der Waals surface area contributed by atoms with Crippen LogP contribution in [0.2, 0.25) is 0 Å². The molecule has 0 spiro atoms. The number of ether oxygens (including phenoxy) is 1. The van der Waals surface area contributed by atoms with Crippen LogP contribution in [0.4, 0.5) is 4.79 Å². The SMILES string of the molecule is NC(=O)C1CN(C(N)=O)CCO1. The molecular weight excluding hydrogens is 162 g/mol. The molecule has 1 fully saturated rings. The van der Waals surface area contributed by atoms with Gasteiger partial charge in [0, 0.05) is 6.54 Å². The Hall–Kier alpha value is -1.30. The van der Waals surface area contributed by atoms with Crippen LogP contribution in [0.5, 0.6) is 0 Å². The van der Waals surface area contributed by atoms with Crippen LogP contribution in [0.25, 0.3) is 0 Å². The first-order chi connectivity index (χ1) is 5.61. The van der Waals surface area contributed by atoms with E-state index >= 15 is 0 Å². The summed E-state index contributed by atoms with van der Waals surface area (Å²) in [5.41, 5.74) is 10.00. The fourth-order valence-electron chi connectivity index (χ4n) is 1.02. The molecule has 1 unspecified atom stereocenters. The highest BCUT2D eigenvalue weighted by atomic mass is 16.5. The number of morpholine rings is 1. The molecule has 1 aliphatic heterocycles. The van der Waals surface area contributed by atoms with Crippen LogP contribution in [-0.2, 0) is 9.53 Å². The van der Waals surface area contributed by atoms with E-state index in [0.29, 0.717) is 13.2 Å². The normalized spacial score (nSPS) is 23.7. The molecule has 0 aromatic heterocycles. The number of urea groups is 1. The fourth-order valence-corrected chi connectivity index (χ4v) is 1.02. The molecule has 0 saturated carbocycles. The number of carbonyl (C=O) groups excluding carboxylic acids is 2. The molecule has 6 nitrogen and oxygen atoms in total. The van der Waals surface area contributed by atoms with E-state index in [9.17, 15) is 9.59 Å². The molecule has 0 aromatic carbocycles. The minimum absolute atomic E-state index is 0.157. The molecule has 1 rings (SSSR count). The predicted molar refractivity (Wildman–Crippen MR) is 40.1 cm³/mol. The standard InChI is InChI=1S/C6H11N3O3/c7-5(10)4-3-9(6(8)11)1-2-12-4/h4H,1-3H2,(H2,7,10)(H2,8,11). The Morgan fingerprint density at radius 3 is 2.58 bits per heavy atom. The Bertz CT molecular complexity index is 186. The monoisotopic (exact) mass is 173 g/mol. The Morgan fingerprint density at radius 2 is 2.08 bits per heavy atom. The molecule has 0 aliphatic carbocycles. The van der Waals surface area contributed by atoms with Gasteiger partial charge in [0.2, 0.25) is 5.91 Å². The average Bonchev–Trinajstić information content (AvgIpc) is 2.04. The first-order valence-corrected chi connectivity index (χ1v) is 3.56. The van der Waals surface area contributed by atoms with Gasteiger partial charge in [-0.25, -0.2) is 4.79 Å². The number of nitrogens with zero attached hydrogens (tertiary/aromatic N) is 1. The van der Waals surface area contributed by atoms with Crippen LogP contribution in [0.3, 0.4) is 0 Å². The van der Waals surface area contributed by atoms with Gasteiger partial charge in [-0.2, -0.15) is 0 Å². The van der Waals surface area contributed by atoms with E-state index in [-0.39, 0.29) is 6.54 Å². The van der Waals surface area contributed by atoms with Crippen molar-refractivity contribution in [2.24, 2.45) is 11.5 Å². The van der Waals surface area contributed by atoms with Gasteiger partial charge < -0.3 is 21.1 Å². The van der Waals surface area contributed by atoms with Crippen molar-refractivity contribution in [3.8, 4) is 0 Å². The Morgan fingerprint density at radius 1 is 1.42 bits per heavy atom. The lowest BCUT2D eigenvalue weighted by atomic mass is 10.3. The summed E-state index contributed by atoms with van der Waals surface area (Å²) >= 11 is 0. The second-order valence-electron chi connectivity index (χ2n) is 2.55. The molecular formula is C6H11N3O3. The summed E-state index contributed by atoms with van der Waals surface area (Å²) < 4.78 is 5.00. The number of hydrogen-bond acceptors (Lipinski definition) is 3. The van der Waals surface area contributed by atoms with Crippen molar-refractivity contribution >= 4 is 11.9 Å². The quantitative estimate of drug-likeness (QED) is 0.492. The lowest BCUT2D eigenvalue weighted by molar-refractivity contribution is -0.133. The molecule has 0 bridgehead atoms. The zero-order valence-electron chi connectivity index (χ0n) is 6.53. The van der Waals surface area contributed by atoms with Gasteiger partial charge in [0.1, 0.15) is 0 Å². The van der Waals surface area contributed by atoms with Crippen LogP contribution >= 0.6 is 0 Å². The van der Waals surface area contributed by atoms with Crippen molar-refractivity contribution in [2.45, 2.75) is 6.10 Å². The van der Waals surface area contributed by atoms with E-state index in [1.54, 1.807) is 0 Å². The number of nitrogens with two attached hydrogens (primary N) is 2. The van der Waals surface area contributed by atoms with Crippen molar-refractivity contribution in [1.82, 2.24) is 4.90 Å². The van der Waals surface area contributed by atoms with Crippen LogP contribution in [-0.4, -0.2) is 42.6 Å². The molecule has 0 radical (unpaired) electrons. The summed E-state index contributed by atoms with van der Waals surface area (Å²) in [4.78, 5) is 22.6. The third kappa shape index (κ3) is 1.85. The molecule has 0 aromatic rings. The molecule has 12 heavy (non-hydrogen) atoms. The Kier molecular flexibility index (Phi) is 2.49. The molecule has 68 valence electrons. The first kappa shape index (κ1) is 8.79. The van der Waals surface area contributed by atoms with Crippen molar-refractivity contribution in [2.75, 3.05) is 19.7 Å². The van der Waals surface area contributed by atoms with E-state index in [2.05, 4.69) is 0 Å². The third-order valence-electron chi connectivity index (χ3n) is 1.70. The van der Waals surface area contributed by atoms with Crippen LogP contribution in [0.15, 0.2) is 0 Å². The zero-order chi connectivity index (χ0) is 9.14. The maximum atomic E-state index is 10.7. The number of amides is 3. The van der Waals surface area contributed by atoms with Crippen LogP contribution in [0.1, 0.15) is 0 Å². The zero-order valence-corrected chi connectivity index (χ0v) is 6.53. The molecule has 3 amide bonds. The Balaban J connectivity index is 2.51. The van der Waals surface area contributed by atoms with Gasteiger partial charge in [-0.05, 0) is 0 Å². The maximum absolute atomic E-state index is 10.7. The number of hydrogen-bond donors (Lipinski definition) is 2. The van der Waals surface area contributed by atoms with Gasteiger partial charge in [-0.3, -0.25) is 4.79 Å². The molecule has 1 atom stereocenters. The smallest absolute Gasteiger partial charge is 0.314 e. The summed E-state index contributed by atoms with van der Waals surface area (Å²) in [7, 11) is 0. The van der Waals surface area contributed by atoms with E-state index < -0.39 is 18.0 Å². The first-order valence-electron chi connectivity index (χ1n) is 3.56. The molecule has 1 heterocycles. The number of primary amides is 2. The van der Waals surface area contributed by atoms with Crippen molar-refractivity contribution in [1.29, 1.82) is 0 Å². The van der Waals surface area contributed by atoms with Gasteiger partial charge in [-0.1, -0.05) is 0 Å². The summed E-state index contributed by atoms with van der Waals surface area (Å²) in [6, 6.07) is -0.551. The minimum Gasteiger partial charge on any atom is -0.367 e. The van der Waals surface area contributed by atoms with Crippen molar-refractivity contribution in [3.05, 3.63) is 0 Å². The highest BCUT2D eigenvalue weighted by molar-refractivity contribution is 5.80. The highest BCUT2D eigenvalue weighted by Gasteiger charge is 2.26. The van der Waals surface area contributed by atoms with Crippen molar-refractivity contribution < 1.29 is 14.3 Å². The summed E-state index contributed by atoms with van der Waals surface area (Å²) in [5, 5.41) is 0. The molecule has 1 saturated heterocycles. The van der Waals surface area contributed by atoms with Gasteiger partial charge in [0.25, 0.3) is 0 Å². The van der Waals surface area contributed by atoms with Crippen molar-refractivity contribution in [3.63, 3.8) is 0 Å². The predicted octanol–water partition coefficient (Wildman–Crippen LogP) is -1.75. The second kappa shape index (κ2) is 3.40. The minimum atomic E-state index is -0.716. The van der Waals surface area contributed by atoms with Gasteiger partial charge in [0.05, 0.1) is 13.2 Å². The summed E-state index contributed by atoms with van der Waals surface area (Å²) in [5.74, 6) is -0.569. The number of carbonyl (C=O) groups is 2. The van der Waals surface area contributed by atoms with Gasteiger partial charge in [0.15, 0.2) is 6.10 Å². The molecule has 1 aliphatic rings. The Labute approximate surface area is 69.4 Å². The van der Waals surface area contributed by atoms with E-state index in [0.717, 1.165) is 0 Å². The van der Waals surface area contributed by atoms with Crippen LogP contribution in [0, 0.1) is 0 Å². The largest absolute Gasteiger partial charge is 0.367 e. The van der Waals surface area contributed by atoms with Crippen LogP contribution < -0.4 is 11.5 Å².